The molecule has 0 spiro atoms. The highest BCUT2D eigenvalue weighted by Crippen LogP contribution is 2.13. The number of carbonyl (C=O) groups excluding carboxylic acids is 1. The Hall–Kier alpha value is -2.15. The second-order valence-corrected chi connectivity index (χ2v) is 8.11. The SMILES string of the molecule is CC(C)C#CCOCCCOCCOC(N)COc1cccc(C(=O)NCCNC(C)C)c1. The fourth-order valence-electron chi connectivity index (χ4n) is 2.59. The third-order valence-electron chi connectivity index (χ3n) is 4.18. The van der Waals surface area contributed by atoms with Gasteiger partial charge in [0.2, 0.25) is 0 Å². The second kappa shape index (κ2) is 18.3. The van der Waals surface area contributed by atoms with Crippen LogP contribution in [0.1, 0.15) is 44.5 Å². The summed E-state index contributed by atoms with van der Waals surface area (Å²) in [6.07, 6.45) is 0.215. The van der Waals surface area contributed by atoms with Crippen molar-refractivity contribution in [2.45, 2.75) is 46.4 Å². The van der Waals surface area contributed by atoms with E-state index in [9.17, 15) is 4.79 Å². The zero-order chi connectivity index (χ0) is 24.3. The summed E-state index contributed by atoms with van der Waals surface area (Å²) in [5.74, 6) is 6.82. The van der Waals surface area contributed by atoms with Crippen LogP contribution in [0.15, 0.2) is 24.3 Å². The van der Waals surface area contributed by atoms with Crippen molar-refractivity contribution in [2.24, 2.45) is 11.7 Å². The fourth-order valence-corrected chi connectivity index (χ4v) is 2.59. The Kier molecular flexibility index (Phi) is 16.0. The first kappa shape index (κ1) is 28.9. The summed E-state index contributed by atoms with van der Waals surface area (Å²) in [4.78, 5) is 12.2. The molecule has 186 valence electrons. The van der Waals surface area contributed by atoms with Gasteiger partial charge in [-0.05, 0) is 24.6 Å². The summed E-state index contributed by atoms with van der Waals surface area (Å²) in [6.45, 7) is 12.2. The van der Waals surface area contributed by atoms with E-state index in [1.165, 1.54) is 0 Å². The van der Waals surface area contributed by atoms with E-state index < -0.39 is 6.23 Å². The topological polar surface area (TPSA) is 104 Å². The molecule has 8 nitrogen and oxygen atoms in total. The zero-order valence-electron chi connectivity index (χ0n) is 20.5. The number of benzene rings is 1. The van der Waals surface area contributed by atoms with Crippen LogP contribution < -0.4 is 21.1 Å². The lowest BCUT2D eigenvalue weighted by Crippen LogP contribution is -2.34. The predicted octanol–water partition coefficient (Wildman–Crippen LogP) is 2.18. The number of nitrogens with two attached hydrogens (primary N) is 1. The Bertz CT molecular complexity index is 715. The maximum absolute atomic E-state index is 12.2. The number of hydrogen-bond acceptors (Lipinski definition) is 7. The van der Waals surface area contributed by atoms with Gasteiger partial charge in [0.25, 0.3) is 5.91 Å². The Morgan fingerprint density at radius 2 is 1.85 bits per heavy atom. The van der Waals surface area contributed by atoms with Crippen LogP contribution in [0.25, 0.3) is 0 Å². The van der Waals surface area contributed by atoms with E-state index in [1.807, 2.05) is 13.8 Å². The minimum Gasteiger partial charge on any atom is -0.489 e. The van der Waals surface area contributed by atoms with Crippen LogP contribution in [-0.4, -0.2) is 70.9 Å². The Morgan fingerprint density at radius 1 is 1.06 bits per heavy atom. The van der Waals surface area contributed by atoms with Crippen molar-refractivity contribution in [3.8, 4) is 17.6 Å². The molecular weight excluding hydrogens is 422 g/mol. The molecule has 0 saturated carbocycles. The normalized spacial score (nSPS) is 11.8. The molecular formula is C25H41N3O5. The molecule has 0 aliphatic rings. The van der Waals surface area contributed by atoms with Crippen molar-refractivity contribution in [1.82, 2.24) is 10.6 Å². The van der Waals surface area contributed by atoms with E-state index in [1.54, 1.807) is 24.3 Å². The largest absolute Gasteiger partial charge is 0.489 e. The highest BCUT2D eigenvalue weighted by atomic mass is 16.6. The molecule has 0 fully saturated rings. The summed E-state index contributed by atoms with van der Waals surface area (Å²) in [5.41, 5.74) is 6.47. The molecule has 0 bridgehead atoms. The summed E-state index contributed by atoms with van der Waals surface area (Å²) < 4.78 is 22.1. The average Bonchev–Trinajstić information content (AvgIpc) is 2.78. The summed E-state index contributed by atoms with van der Waals surface area (Å²) in [7, 11) is 0. The molecule has 1 aromatic rings. The lowest BCUT2D eigenvalue weighted by Gasteiger charge is -2.15. The van der Waals surface area contributed by atoms with Crippen LogP contribution in [0.2, 0.25) is 0 Å². The molecule has 0 saturated heterocycles. The maximum Gasteiger partial charge on any atom is 0.251 e. The Labute approximate surface area is 198 Å². The highest BCUT2D eigenvalue weighted by molar-refractivity contribution is 5.94. The number of amides is 1. The van der Waals surface area contributed by atoms with Crippen molar-refractivity contribution in [1.29, 1.82) is 0 Å². The number of ether oxygens (including phenoxy) is 4. The monoisotopic (exact) mass is 463 g/mol. The van der Waals surface area contributed by atoms with Gasteiger partial charge in [0.15, 0.2) is 0 Å². The smallest absolute Gasteiger partial charge is 0.251 e. The van der Waals surface area contributed by atoms with Gasteiger partial charge in [-0.1, -0.05) is 45.6 Å². The van der Waals surface area contributed by atoms with Gasteiger partial charge >= 0.3 is 0 Å². The van der Waals surface area contributed by atoms with Gasteiger partial charge in [0.05, 0.1) is 19.8 Å². The molecule has 1 rings (SSSR count). The van der Waals surface area contributed by atoms with Crippen LogP contribution >= 0.6 is 0 Å². The number of rotatable bonds is 17. The van der Waals surface area contributed by atoms with Gasteiger partial charge in [-0.25, -0.2) is 0 Å². The lowest BCUT2D eigenvalue weighted by molar-refractivity contribution is -0.0139. The average molecular weight is 464 g/mol. The van der Waals surface area contributed by atoms with Gasteiger partial charge < -0.3 is 35.3 Å². The van der Waals surface area contributed by atoms with Crippen molar-refractivity contribution in [3.05, 3.63) is 29.8 Å². The predicted molar refractivity (Wildman–Crippen MR) is 130 cm³/mol. The van der Waals surface area contributed by atoms with Crippen LogP contribution in [0, 0.1) is 17.8 Å². The van der Waals surface area contributed by atoms with E-state index in [2.05, 4.69) is 36.3 Å². The van der Waals surface area contributed by atoms with E-state index in [-0.39, 0.29) is 12.5 Å². The third-order valence-corrected chi connectivity index (χ3v) is 4.18. The van der Waals surface area contributed by atoms with Gasteiger partial charge in [-0.15, -0.1) is 0 Å². The van der Waals surface area contributed by atoms with Crippen molar-refractivity contribution in [2.75, 3.05) is 52.7 Å². The molecule has 0 aliphatic heterocycles. The molecule has 0 aliphatic carbocycles. The summed E-state index contributed by atoms with van der Waals surface area (Å²) >= 11 is 0. The third kappa shape index (κ3) is 16.2. The molecule has 33 heavy (non-hydrogen) atoms. The molecule has 0 radical (unpaired) electrons. The standard InChI is InChI=1S/C25H41N3O5/c1-20(2)8-6-13-30-14-7-15-31-16-17-32-24(26)19-33-23-10-5-9-22(18-23)25(29)28-12-11-27-21(3)4/h5,9-10,18,20-21,24,27H,7,11-17,19,26H2,1-4H3,(H,28,29). The molecule has 0 heterocycles. The molecule has 0 aromatic heterocycles. The van der Waals surface area contributed by atoms with Crippen LogP contribution in [0.5, 0.6) is 5.75 Å². The van der Waals surface area contributed by atoms with Crippen LogP contribution in [0.4, 0.5) is 0 Å². The van der Waals surface area contributed by atoms with Crippen LogP contribution in [-0.2, 0) is 14.2 Å². The first-order chi connectivity index (χ1) is 15.9. The van der Waals surface area contributed by atoms with Crippen molar-refractivity contribution < 1.29 is 23.7 Å². The molecule has 1 atom stereocenters. The van der Waals surface area contributed by atoms with Crippen LogP contribution in [0.3, 0.4) is 0 Å². The first-order valence-corrected chi connectivity index (χ1v) is 11.6. The van der Waals surface area contributed by atoms with Crippen molar-refractivity contribution >= 4 is 5.91 Å². The maximum atomic E-state index is 12.2. The van der Waals surface area contributed by atoms with E-state index in [0.717, 1.165) is 13.0 Å². The van der Waals surface area contributed by atoms with Gasteiger partial charge in [-0.3, -0.25) is 4.79 Å². The Morgan fingerprint density at radius 3 is 2.61 bits per heavy atom. The number of hydrogen-bond donors (Lipinski definition) is 3. The lowest BCUT2D eigenvalue weighted by atomic mass is 10.2. The van der Waals surface area contributed by atoms with E-state index in [4.69, 9.17) is 24.7 Å². The van der Waals surface area contributed by atoms with Gasteiger partial charge in [0.1, 0.15) is 25.2 Å². The number of carbonyl (C=O) groups is 1. The van der Waals surface area contributed by atoms with E-state index >= 15 is 0 Å². The van der Waals surface area contributed by atoms with Gasteiger partial charge in [0, 0.05) is 37.2 Å². The quantitative estimate of drug-likeness (QED) is 0.185. The molecule has 8 heteroatoms. The van der Waals surface area contributed by atoms with Gasteiger partial charge in [-0.2, -0.15) is 0 Å². The van der Waals surface area contributed by atoms with E-state index in [0.29, 0.717) is 62.9 Å². The van der Waals surface area contributed by atoms with Crippen molar-refractivity contribution in [3.63, 3.8) is 0 Å². The molecule has 4 N–H and O–H groups in total. The molecule has 1 unspecified atom stereocenters. The molecule has 1 amide bonds. The highest BCUT2D eigenvalue weighted by Gasteiger charge is 2.08. The number of nitrogens with one attached hydrogen (secondary N) is 2. The summed E-state index contributed by atoms with van der Waals surface area (Å²) in [6, 6.07) is 7.38. The second-order valence-electron chi connectivity index (χ2n) is 8.11. The minimum absolute atomic E-state index is 0.141. The zero-order valence-corrected chi connectivity index (χ0v) is 20.5. The summed E-state index contributed by atoms with van der Waals surface area (Å²) in [5, 5.41) is 6.13. The Balaban J connectivity index is 2.11. The minimum atomic E-state index is -0.587. The first-order valence-electron chi connectivity index (χ1n) is 11.6. The fraction of sp³-hybridized carbons (Fsp3) is 0.640. The molecule has 1 aromatic carbocycles.